The van der Waals surface area contributed by atoms with Crippen molar-refractivity contribution in [3.05, 3.63) is 12.2 Å². The Hall–Kier alpha value is -0.300. The van der Waals surface area contributed by atoms with Crippen molar-refractivity contribution in [1.29, 1.82) is 0 Å². The van der Waals surface area contributed by atoms with E-state index in [9.17, 15) is 0 Å². The molecule has 8 heavy (non-hydrogen) atoms. The zero-order valence-corrected chi connectivity index (χ0v) is 5.59. The predicted octanol–water partition coefficient (Wildman–Crippen LogP) is 1.72. The molecule has 0 rings (SSSR count). The second-order valence-corrected chi connectivity index (χ2v) is 2.00. The molecule has 1 nitrogen and oxygen atoms in total. The zero-order valence-electron chi connectivity index (χ0n) is 5.59. The number of hydrogen-bond donors (Lipinski definition) is 1. The molecule has 48 valence electrons. The molecule has 0 heterocycles. The van der Waals surface area contributed by atoms with Gasteiger partial charge < -0.3 is 5.11 Å². The van der Waals surface area contributed by atoms with Gasteiger partial charge in [0.25, 0.3) is 0 Å². The summed E-state index contributed by atoms with van der Waals surface area (Å²) in [5, 5.41) is 8.75. The van der Waals surface area contributed by atoms with Crippen LogP contribution in [-0.2, 0) is 0 Å². The molecule has 0 fully saturated rings. The minimum atomic E-state index is -0.147. The summed E-state index contributed by atoms with van der Waals surface area (Å²) in [4.78, 5) is 0. The topological polar surface area (TPSA) is 20.2 Å². The van der Waals surface area contributed by atoms with E-state index in [1.165, 1.54) is 0 Å². The maximum atomic E-state index is 8.75. The van der Waals surface area contributed by atoms with Crippen LogP contribution in [0.15, 0.2) is 12.2 Å². The summed E-state index contributed by atoms with van der Waals surface area (Å²) < 4.78 is 0. The molecular formula is C7H14O. The number of hydrogen-bond acceptors (Lipinski definition) is 1. The minimum absolute atomic E-state index is 0.147. The van der Waals surface area contributed by atoms with Crippen LogP contribution in [0.2, 0.25) is 0 Å². The van der Waals surface area contributed by atoms with Crippen molar-refractivity contribution < 1.29 is 5.11 Å². The Morgan fingerprint density at radius 2 is 2.25 bits per heavy atom. The average molecular weight is 114 g/mol. The fraction of sp³-hybridized carbons (Fsp3) is 0.714. The van der Waals surface area contributed by atoms with E-state index in [0.29, 0.717) is 0 Å². The van der Waals surface area contributed by atoms with Crippen LogP contribution in [0.3, 0.4) is 0 Å². The zero-order chi connectivity index (χ0) is 6.41. The number of aliphatic hydroxyl groups is 1. The second kappa shape index (κ2) is 4.85. The van der Waals surface area contributed by atoms with Crippen molar-refractivity contribution in [2.24, 2.45) is 0 Å². The van der Waals surface area contributed by atoms with E-state index in [-0.39, 0.29) is 6.10 Å². The van der Waals surface area contributed by atoms with Gasteiger partial charge in [-0.2, -0.15) is 0 Å². The smallest absolute Gasteiger partial charge is 0.0515 e. The summed E-state index contributed by atoms with van der Waals surface area (Å²) in [6.07, 6.45) is 5.79. The van der Waals surface area contributed by atoms with E-state index in [1.807, 2.05) is 19.9 Å². The summed E-state index contributed by atoms with van der Waals surface area (Å²) >= 11 is 0. The SMILES string of the molecule is C/C=C/CC[C@@H](C)O. The third kappa shape index (κ3) is 5.70. The molecule has 0 spiro atoms. The van der Waals surface area contributed by atoms with Crippen molar-refractivity contribution in [2.75, 3.05) is 0 Å². The fourth-order valence-electron chi connectivity index (χ4n) is 0.504. The molecule has 0 aromatic heterocycles. The molecule has 0 unspecified atom stereocenters. The molecule has 1 N–H and O–H groups in total. The lowest BCUT2D eigenvalue weighted by Crippen LogP contribution is -1.96. The maximum absolute atomic E-state index is 8.75. The third-order valence-corrected chi connectivity index (χ3v) is 0.987. The molecule has 0 aliphatic heterocycles. The van der Waals surface area contributed by atoms with E-state index < -0.39 is 0 Å². The lowest BCUT2D eigenvalue weighted by Gasteiger charge is -1.97. The molecule has 0 aliphatic rings. The van der Waals surface area contributed by atoms with Crippen LogP contribution < -0.4 is 0 Å². The molecular weight excluding hydrogens is 100 g/mol. The molecule has 0 saturated carbocycles. The summed E-state index contributed by atoms with van der Waals surface area (Å²) in [5.74, 6) is 0. The first-order chi connectivity index (χ1) is 3.77. The highest BCUT2D eigenvalue weighted by Crippen LogP contribution is 1.95. The first-order valence-electron chi connectivity index (χ1n) is 3.06. The number of rotatable bonds is 3. The normalized spacial score (nSPS) is 14.9. The van der Waals surface area contributed by atoms with Crippen LogP contribution in [0.4, 0.5) is 0 Å². The molecule has 0 saturated heterocycles. The van der Waals surface area contributed by atoms with Crippen molar-refractivity contribution in [3.63, 3.8) is 0 Å². The van der Waals surface area contributed by atoms with Crippen LogP contribution >= 0.6 is 0 Å². The van der Waals surface area contributed by atoms with Gasteiger partial charge in [0.15, 0.2) is 0 Å². The first kappa shape index (κ1) is 7.70. The Morgan fingerprint density at radius 3 is 2.62 bits per heavy atom. The van der Waals surface area contributed by atoms with Gasteiger partial charge in [0.2, 0.25) is 0 Å². The standard InChI is InChI=1S/C7H14O/c1-3-4-5-6-7(2)8/h3-4,7-8H,5-6H2,1-2H3/b4-3+/t7-/m1/s1. The Kier molecular flexibility index (Phi) is 4.67. The molecule has 0 bridgehead atoms. The van der Waals surface area contributed by atoms with E-state index in [1.54, 1.807) is 0 Å². The van der Waals surface area contributed by atoms with E-state index in [2.05, 4.69) is 6.08 Å². The van der Waals surface area contributed by atoms with Gasteiger partial charge in [-0.05, 0) is 26.7 Å². The van der Waals surface area contributed by atoms with Crippen molar-refractivity contribution >= 4 is 0 Å². The van der Waals surface area contributed by atoms with Gasteiger partial charge in [-0.15, -0.1) is 0 Å². The van der Waals surface area contributed by atoms with Gasteiger partial charge in [0, 0.05) is 0 Å². The van der Waals surface area contributed by atoms with Crippen LogP contribution in [0, 0.1) is 0 Å². The summed E-state index contributed by atoms with van der Waals surface area (Å²) in [6.45, 7) is 3.80. The number of allylic oxidation sites excluding steroid dienone is 2. The lowest BCUT2D eigenvalue weighted by molar-refractivity contribution is 0.186. The van der Waals surface area contributed by atoms with Gasteiger partial charge >= 0.3 is 0 Å². The van der Waals surface area contributed by atoms with Gasteiger partial charge in [-0.3, -0.25) is 0 Å². The van der Waals surface area contributed by atoms with Crippen LogP contribution in [-0.4, -0.2) is 11.2 Å². The molecule has 0 radical (unpaired) electrons. The summed E-state index contributed by atoms with van der Waals surface area (Å²) in [5.41, 5.74) is 0. The van der Waals surface area contributed by atoms with Crippen LogP contribution in [0.25, 0.3) is 0 Å². The summed E-state index contributed by atoms with van der Waals surface area (Å²) in [7, 11) is 0. The molecule has 0 aromatic rings. The third-order valence-electron chi connectivity index (χ3n) is 0.987. The van der Waals surface area contributed by atoms with Crippen LogP contribution in [0.1, 0.15) is 26.7 Å². The average Bonchev–Trinajstić information content (AvgIpc) is 1.66. The molecule has 0 aromatic carbocycles. The molecule has 0 amide bonds. The predicted molar refractivity (Wildman–Crippen MR) is 35.7 cm³/mol. The van der Waals surface area contributed by atoms with Gasteiger partial charge in [0.05, 0.1) is 6.10 Å². The first-order valence-corrected chi connectivity index (χ1v) is 3.06. The molecule has 0 aliphatic carbocycles. The van der Waals surface area contributed by atoms with Crippen molar-refractivity contribution in [1.82, 2.24) is 0 Å². The van der Waals surface area contributed by atoms with Gasteiger partial charge in [-0.1, -0.05) is 12.2 Å². The minimum Gasteiger partial charge on any atom is -0.393 e. The van der Waals surface area contributed by atoms with E-state index in [0.717, 1.165) is 12.8 Å². The Bertz CT molecular complexity index is 64.8. The monoisotopic (exact) mass is 114 g/mol. The summed E-state index contributed by atoms with van der Waals surface area (Å²) in [6, 6.07) is 0. The number of aliphatic hydroxyl groups excluding tert-OH is 1. The van der Waals surface area contributed by atoms with Crippen LogP contribution in [0.5, 0.6) is 0 Å². The highest BCUT2D eigenvalue weighted by atomic mass is 16.3. The van der Waals surface area contributed by atoms with Crippen molar-refractivity contribution in [3.8, 4) is 0 Å². The lowest BCUT2D eigenvalue weighted by atomic mass is 10.2. The van der Waals surface area contributed by atoms with Gasteiger partial charge in [-0.25, -0.2) is 0 Å². The second-order valence-electron chi connectivity index (χ2n) is 2.00. The highest BCUT2D eigenvalue weighted by Gasteiger charge is 1.89. The Morgan fingerprint density at radius 1 is 1.62 bits per heavy atom. The quantitative estimate of drug-likeness (QED) is 0.554. The molecule has 1 heteroatoms. The van der Waals surface area contributed by atoms with Gasteiger partial charge in [0.1, 0.15) is 0 Å². The maximum Gasteiger partial charge on any atom is 0.0515 e. The van der Waals surface area contributed by atoms with E-state index >= 15 is 0 Å². The Labute approximate surface area is 51.0 Å². The Balaban J connectivity index is 2.93. The largest absolute Gasteiger partial charge is 0.393 e. The highest BCUT2D eigenvalue weighted by molar-refractivity contribution is 4.76. The molecule has 1 atom stereocenters. The fourth-order valence-corrected chi connectivity index (χ4v) is 0.504. The van der Waals surface area contributed by atoms with E-state index in [4.69, 9.17) is 5.11 Å². The van der Waals surface area contributed by atoms with Crippen molar-refractivity contribution in [2.45, 2.75) is 32.8 Å².